The van der Waals surface area contributed by atoms with Crippen molar-refractivity contribution in [3.05, 3.63) is 71.8 Å². The van der Waals surface area contributed by atoms with Crippen LogP contribution in [0.15, 0.2) is 60.7 Å². The molecule has 0 aromatic heterocycles. The van der Waals surface area contributed by atoms with Crippen LogP contribution < -0.4 is 5.32 Å². The summed E-state index contributed by atoms with van der Waals surface area (Å²) in [5.74, 6) is -0.741. The Morgan fingerprint density at radius 2 is 1.73 bits per heavy atom. The molecule has 2 aromatic carbocycles. The monoisotopic (exact) mass is 407 g/mol. The molecule has 2 unspecified atom stereocenters. The van der Waals surface area contributed by atoms with Crippen LogP contribution in [0.4, 0.5) is 4.79 Å². The van der Waals surface area contributed by atoms with Gasteiger partial charge in [-0.05, 0) is 24.0 Å². The Morgan fingerprint density at radius 3 is 2.40 bits per heavy atom. The Kier molecular flexibility index (Phi) is 6.09. The molecule has 4 amide bonds. The van der Waals surface area contributed by atoms with Crippen LogP contribution in [0.3, 0.4) is 0 Å². The first-order chi connectivity index (χ1) is 14.6. The molecule has 7 heteroatoms. The van der Waals surface area contributed by atoms with Gasteiger partial charge in [-0.2, -0.15) is 0 Å². The van der Waals surface area contributed by atoms with Gasteiger partial charge in [-0.15, -0.1) is 0 Å². The zero-order valence-electron chi connectivity index (χ0n) is 16.7. The van der Waals surface area contributed by atoms with Crippen LogP contribution in [-0.4, -0.2) is 53.4 Å². The number of nitrogens with one attached hydrogen (secondary N) is 1. The van der Waals surface area contributed by atoms with E-state index in [1.54, 1.807) is 0 Å². The van der Waals surface area contributed by atoms with Gasteiger partial charge in [0.25, 0.3) is 5.91 Å². The van der Waals surface area contributed by atoms with Crippen molar-refractivity contribution in [2.75, 3.05) is 19.7 Å². The Hall–Kier alpha value is -3.19. The van der Waals surface area contributed by atoms with Crippen LogP contribution in [0, 0.1) is 0 Å². The number of amides is 4. The Labute approximate surface area is 175 Å². The van der Waals surface area contributed by atoms with E-state index >= 15 is 0 Å². The zero-order chi connectivity index (χ0) is 20.9. The third-order valence-electron chi connectivity index (χ3n) is 5.45. The molecule has 7 nitrogen and oxygen atoms in total. The molecule has 30 heavy (non-hydrogen) atoms. The fourth-order valence-electron chi connectivity index (χ4n) is 3.92. The summed E-state index contributed by atoms with van der Waals surface area (Å²) >= 11 is 0. The van der Waals surface area contributed by atoms with E-state index in [-0.39, 0.29) is 24.5 Å². The highest BCUT2D eigenvalue weighted by atomic mass is 16.5. The number of rotatable bonds is 7. The SMILES string of the molecule is O=C(CN1C(=O)C(c2ccccc2)N(Cc2ccccc2)C1=O)NCC1CCCO1. The highest BCUT2D eigenvalue weighted by molar-refractivity contribution is 6.06. The normalized spacial score (nSPS) is 21.3. The van der Waals surface area contributed by atoms with Crippen molar-refractivity contribution in [1.82, 2.24) is 15.1 Å². The third kappa shape index (κ3) is 4.36. The van der Waals surface area contributed by atoms with E-state index in [2.05, 4.69) is 5.32 Å². The minimum atomic E-state index is -0.745. The third-order valence-corrected chi connectivity index (χ3v) is 5.45. The van der Waals surface area contributed by atoms with Gasteiger partial charge in [-0.3, -0.25) is 14.5 Å². The van der Waals surface area contributed by atoms with Crippen molar-refractivity contribution in [2.45, 2.75) is 31.5 Å². The molecule has 2 aliphatic heterocycles. The van der Waals surface area contributed by atoms with Gasteiger partial charge in [0, 0.05) is 19.7 Å². The first-order valence-electron chi connectivity index (χ1n) is 10.2. The van der Waals surface area contributed by atoms with E-state index in [1.807, 2.05) is 60.7 Å². The van der Waals surface area contributed by atoms with Gasteiger partial charge < -0.3 is 15.0 Å². The average molecular weight is 407 g/mol. The number of carbonyl (C=O) groups excluding carboxylic acids is 3. The molecular weight excluding hydrogens is 382 g/mol. The van der Waals surface area contributed by atoms with Crippen LogP contribution in [0.5, 0.6) is 0 Å². The topological polar surface area (TPSA) is 79.0 Å². The predicted molar refractivity (Wildman–Crippen MR) is 110 cm³/mol. The number of imide groups is 1. The Morgan fingerprint density at radius 1 is 1.03 bits per heavy atom. The fraction of sp³-hybridized carbons (Fsp3) is 0.348. The maximum absolute atomic E-state index is 13.2. The highest BCUT2D eigenvalue weighted by Crippen LogP contribution is 2.32. The molecule has 0 spiro atoms. The Balaban J connectivity index is 1.50. The van der Waals surface area contributed by atoms with Crippen LogP contribution in [0.2, 0.25) is 0 Å². The second kappa shape index (κ2) is 9.09. The molecule has 2 fully saturated rings. The zero-order valence-corrected chi connectivity index (χ0v) is 16.7. The maximum atomic E-state index is 13.2. The number of nitrogens with zero attached hydrogens (tertiary/aromatic N) is 2. The standard InChI is InChI=1S/C23H25N3O4/c27-20(24-14-19-12-7-13-30-19)16-26-22(28)21(18-10-5-2-6-11-18)25(23(26)29)15-17-8-3-1-4-9-17/h1-6,8-11,19,21H,7,12-16H2,(H,24,27). The second-order valence-corrected chi connectivity index (χ2v) is 7.57. The summed E-state index contributed by atoms with van der Waals surface area (Å²) in [7, 11) is 0. The summed E-state index contributed by atoms with van der Waals surface area (Å²) in [4.78, 5) is 41.3. The molecule has 0 radical (unpaired) electrons. The number of urea groups is 1. The lowest BCUT2D eigenvalue weighted by Gasteiger charge is -2.22. The van der Waals surface area contributed by atoms with Crippen LogP contribution in [-0.2, 0) is 20.9 Å². The van der Waals surface area contributed by atoms with Gasteiger partial charge >= 0.3 is 6.03 Å². The van der Waals surface area contributed by atoms with Crippen molar-refractivity contribution in [1.29, 1.82) is 0 Å². The molecule has 2 atom stereocenters. The minimum absolute atomic E-state index is 0.00516. The Bertz CT molecular complexity index is 897. The smallest absolute Gasteiger partial charge is 0.328 e. The number of hydrogen-bond donors (Lipinski definition) is 1. The van der Waals surface area contributed by atoms with Crippen molar-refractivity contribution in [3.63, 3.8) is 0 Å². The van der Waals surface area contributed by atoms with Crippen molar-refractivity contribution in [2.24, 2.45) is 0 Å². The molecule has 0 saturated carbocycles. The maximum Gasteiger partial charge on any atom is 0.328 e. The van der Waals surface area contributed by atoms with Gasteiger partial charge in [-0.1, -0.05) is 60.7 Å². The number of ether oxygens (including phenoxy) is 1. The lowest BCUT2D eigenvalue weighted by atomic mass is 10.1. The number of carbonyl (C=O) groups is 3. The molecule has 1 N–H and O–H groups in total. The number of benzene rings is 2. The van der Waals surface area contributed by atoms with E-state index in [1.165, 1.54) is 4.90 Å². The van der Waals surface area contributed by atoms with Crippen molar-refractivity contribution in [3.8, 4) is 0 Å². The summed E-state index contributed by atoms with van der Waals surface area (Å²) in [5.41, 5.74) is 1.65. The van der Waals surface area contributed by atoms with E-state index in [0.29, 0.717) is 19.7 Å². The molecular formula is C23H25N3O4. The van der Waals surface area contributed by atoms with Gasteiger partial charge in [0.1, 0.15) is 12.6 Å². The van der Waals surface area contributed by atoms with Crippen molar-refractivity contribution < 1.29 is 19.1 Å². The quantitative estimate of drug-likeness (QED) is 0.716. The summed E-state index contributed by atoms with van der Waals surface area (Å²) in [5, 5.41) is 2.78. The molecule has 2 aliphatic rings. The fourth-order valence-corrected chi connectivity index (χ4v) is 3.92. The molecule has 2 saturated heterocycles. The predicted octanol–water partition coefficient (Wildman–Crippen LogP) is 2.49. The summed E-state index contributed by atoms with van der Waals surface area (Å²) in [6.45, 7) is 1.10. The van der Waals surface area contributed by atoms with E-state index in [0.717, 1.165) is 28.9 Å². The summed E-state index contributed by atoms with van der Waals surface area (Å²) < 4.78 is 5.50. The first-order valence-corrected chi connectivity index (χ1v) is 10.2. The van der Waals surface area contributed by atoms with Gasteiger partial charge in [0.05, 0.1) is 6.10 Å². The van der Waals surface area contributed by atoms with Crippen LogP contribution in [0.25, 0.3) is 0 Å². The highest BCUT2D eigenvalue weighted by Gasteiger charge is 2.46. The first kappa shape index (κ1) is 20.1. The van der Waals surface area contributed by atoms with Gasteiger partial charge in [0.2, 0.25) is 5.91 Å². The average Bonchev–Trinajstić information content (AvgIpc) is 3.37. The lowest BCUT2D eigenvalue weighted by Crippen LogP contribution is -2.43. The summed E-state index contributed by atoms with van der Waals surface area (Å²) in [6, 6.07) is 17.5. The number of hydrogen-bond acceptors (Lipinski definition) is 4. The van der Waals surface area contributed by atoms with Crippen LogP contribution >= 0.6 is 0 Å². The van der Waals surface area contributed by atoms with Crippen LogP contribution in [0.1, 0.15) is 30.0 Å². The molecule has 156 valence electrons. The van der Waals surface area contributed by atoms with Gasteiger partial charge in [-0.25, -0.2) is 4.79 Å². The van der Waals surface area contributed by atoms with E-state index in [9.17, 15) is 14.4 Å². The molecule has 0 bridgehead atoms. The second-order valence-electron chi connectivity index (χ2n) is 7.57. The largest absolute Gasteiger partial charge is 0.376 e. The minimum Gasteiger partial charge on any atom is -0.376 e. The van der Waals surface area contributed by atoms with E-state index in [4.69, 9.17) is 4.74 Å². The molecule has 2 aromatic rings. The summed E-state index contributed by atoms with van der Waals surface area (Å²) in [6.07, 6.45) is 1.89. The molecule has 0 aliphatic carbocycles. The van der Waals surface area contributed by atoms with E-state index < -0.39 is 12.1 Å². The van der Waals surface area contributed by atoms with Crippen molar-refractivity contribution >= 4 is 17.8 Å². The van der Waals surface area contributed by atoms with Gasteiger partial charge in [0.15, 0.2) is 0 Å². The lowest BCUT2D eigenvalue weighted by molar-refractivity contribution is -0.133. The molecule has 4 rings (SSSR count). The molecule has 2 heterocycles.